The van der Waals surface area contributed by atoms with Crippen molar-refractivity contribution < 1.29 is 10.0 Å². The summed E-state index contributed by atoms with van der Waals surface area (Å²) in [5, 5.41) is 31.1. The van der Waals surface area contributed by atoms with E-state index in [1.54, 1.807) is 7.05 Å². The van der Waals surface area contributed by atoms with Crippen molar-refractivity contribution in [2.24, 2.45) is 0 Å². The molecule has 0 bridgehead atoms. The molecule has 0 spiro atoms. The van der Waals surface area contributed by atoms with Gasteiger partial charge in [0.25, 0.3) is 5.69 Å². The minimum atomic E-state index is -0.575. The van der Waals surface area contributed by atoms with Crippen LogP contribution >= 0.6 is 0 Å². The van der Waals surface area contributed by atoms with Crippen LogP contribution in [0.5, 0.6) is 5.88 Å². The Kier molecular flexibility index (Phi) is 3.56. The highest BCUT2D eigenvalue weighted by Gasteiger charge is 2.19. The molecule has 0 atom stereocenters. The minimum Gasteiger partial charge on any atom is -0.493 e. The van der Waals surface area contributed by atoms with Gasteiger partial charge >= 0.3 is 0 Å². The molecule has 0 radical (unpaired) electrons. The molecule has 8 nitrogen and oxygen atoms in total. The van der Waals surface area contributed by atoms with Gasteiger partial charge in [0.2, 0.25) is 5.88 Å². The zero-order valence-corrected chi connectivity index (χ0v) is 10.5. The maximum absolute atomic E-state index is 11.2. The van der Waals surface area contributed by atoms with E-state index in [1.165, 1.54) is 24.7 Å². The standard InChI is InChI=1S/C12H11N5O3/c1-14-5-7(4-13)8-2-10-9(3-11(8)17(19)20)12(18)16-6-15-10/h2-6,13-14H,1H3,(H,15,16,18)/b7-5+,13-4?. The molecule has 0 aliphatic heterocycles. The van der Waals surface area contributed by atoms with E-state index in [0.29, 0.717) is 11.1 Å². The number of nitrogens with one attached hydrogen (secondary N) is 2. The fourth-order valence-electron chi connectivity index (χ4n) is 1.81. The van der Waals surface area contributed by atoms with E-state index in [4.69, 9.17) is 5.41 Å². The maximum atomic E-state index is 11.2. The van der Waals surface area contributed by atoms with E-state index >= 15 is 0 Å². The molecule has 2 aromatic rings. The van der Waals surface area contributed by atoms with Crippen LogP contribution in [0.15, 0.2) is 24.7 Å². The lowest BCUT2D eigenvalue weighted by Crippen LogP contribution is -2.01. The molecular formula is C12H11N5O3. The lowest BCUT2D eigenvalue weighted by Gasteiger charge is -2.06. The summed E-state index contributed by atoms with van der Waals surface area (Å²) in [5.41, 5.74) is 0.707. The van der Waals surface area contributed by atoms with Crippen molar-refractivity contribution in [2.75, 3.05) is 7.05 Å². The number of hydrogen-bond donors (Lipinski definition) is 3. The molecule has 1 aromatic heterocycles. The first-order valence-electron chi connectivity index (χ1n) is 5.59. The van der Waals surface area contributed by atoms with Crippen molar-refractivity contribution in [2.45, 2.75) is 0 Å². The van der Waals surface area contributed by atoms with E-state index in [2.05, 4.69) is 15.3 Å². The van der Waals surface area contributed by atoms with Gasteiger partial charge in [-0.3, -0.25) is 10.1 Å². The number of rotatable bonds is 4. The average Bonchev–Trinajstić information content (AvgIpc) is 2.44. The van der Waals surface area contributed by atoms with Crippen LogP contribution in [0.1, 0.15) is 5.56 Å². The van der Waals surface area contributed by atoms with Crippen molar-refractivity contribution in [1.82, 2.24) is 15.3 Å². The Morgan fingerprint density at radius 1 is 1.50 bits per heavy atom. The van der Waals surface area contributed by atoms with Crippen LogP contribution in [0.3, 0.4) is 0 Å². The third-order valence-corrected chi connectivity index (χ3v) is 2.69. The predicted molar refractivity (Wildman–Crippen MR) is 73.7 cm³/mol. The molecule has 0 unspecified atom stereocenters. The summed E-state index contributed by atoms with van der Waals surface area (Å²) >= 11 is 0. The zero-order chi connectivity index (χ0) is 14.7. The van der Waals surface area contributed by atoms with Crippen molar-refractivity contribution in [1.29, 1.82) is 5.41 Å². The number of hydrogen-bond acceptors (Lipinski definition) is 7. The van der Waals surface area contributed by atoms with Gasteiger partial charge in [-0.2, -0.15) is 0 Å². The second kappa shape index (κ2) is 5.31. The second-order valence-electron chi connectivity index (χ2n) is 3.87. The number of benzene rings is 1. The van der Waals surface area contributed by atoms with Gasteiger partial charge in [-0.1, -0.05) is 0 Å². The highest BCUT2D eigenvalue weighted by atomic mass is 16.6. The van der Waals surface area contributed by atoms with Gasteiger partial charge < -0.3 is 15.8 Å². The Morgan fingerprint density at radius 3 is 2.85 bits per heavy atom. The van der Waals surface area contributed by atoms with E-state index < -0.39 is 4.92 Å². The molecule has 20 heavy (non-hydrogen) atoms. The van der Waals surface area contributed by atoms with Crippen LogP contribution in [0.25, 0.3) is 16.5 Å². The monoisotopic (exact) mass is 273 g/mol. The minimum absolute atomic E-state index is 0.191. The number of nitro groups is 1. The summed E-state index contributed by atoms with van der Waals surface area (Å²) in [6.07, 6.45) is 3.65. The molecule has 2 rings (SSSR count). The molecule has 3 N–H and O–H groups in total. The summed E-state index contributed by atoms with van der Waals surface area (Å²) in [4.78, 5) is 18.1. The van der Waals surface area contributed by atoms with Crippen LogP contribution in [0.4, 0.5) is 5.69 Å². The molecule has 0 aliphatic carbocycles. The van der Waals surface area contributed by atoms with Gasteiger partial charge in [0, 0.05) is 31.1 Å². The Bertz CT molecular complexity index is 726. The molecule has 0 saturated heterocycles. The predicted octanol–water partition coefficient (Wildman–Crippen LogP) is 1.45. The molecule has 0 saturated carbocycles. The fourth-order valence-corrected chi connectivity index (χ4v) is 1.81. The molecule has 0 fully saturated rings. The summed E-state index contributed by atoms with van der Waals surface area (Å²) in [6.45, 7) is 0. The lowest BCUT2D eigenvalue weighted by atomic mass is 10.0. The quantitative estimate of drug-likeness (QED) is 0.440. The number of fused-ring (bicyclic) bond motifs is 1. The first-order chi connectivity index (χ1) is 9.58. The lowest BCUT2D eigenvalue weighted by molar-refractivity contribution is -0.385. The normalized spacial score (nSPS) is 11.3. The van der Waals surface area contributed by atoms with Crippen LogP contribution in [-0.2, 0) is 0 Å². The highest BCUT2D eigenvalue weighted by molar-refractivity contribution is 6.11. The summed E-state index contributed by atoms with van der Waals surface area (Å²) in [7, 11) is 1.63. The zero-order valence-electron chi connectivity index (χ0n) is 10.5. The van der Waals surface area contributed by atoms with Crippen molar-refractivity contribution in [3.05, 3.63) is 40.3 Å². The smallest absolute Gasteiger partial charge is 0.278 e. The topological polar surface area (TPSA) is 125 Å². The van der Waals surface area contributed by atoms with Gasteiger partial charge in [-0.05, 0) is 6.07 Å². The van der Waals surface area contributed by atoms with Gasteiger partial charge in [-0.15, -0.1) is 0 Å². The maximum Gasteiger partial charge on any atom is 0.278 e. The third-order valence-electron chi connectivity index (χ3n) is 2.69. The first kappa shape index (κ1) is 13.4. The third kappa shape index (κ3) is 2.26. The molecular weight excluding hydrogens is 262 g/mol. The number of nitro benzene ring substituents is 1. The van der Waals surface area contributed by atoms with Gasteiger partial charge in [0.05, 0.1) is 21.4 Å². The Hall–Kier alpha value is -3.03. The Balaban J connectivity index is 2.82. The molecule has 102 valence electrons. The largest absolute Gasteiger partial charge is 0.493 e. The van der Waals surface area contributed by atoms with Gasteiger partial charge in [0.15, 0.2) is 0 Å². The number of nitrogens with zero attached hydrogens (tertiary/aromatic N) is 3. The summed E-state index contributed by atoms with van der Waals surface area (Å²) < 4.78 is 0. The molecule has 1 aromatic carbocycles. The molecule has 1 heterocycles. The molecule has 0 amide bonds. The number of aromatic nitrogens is 2. The Morgan fingerprint density at radius 2 is 2.25 bits per heavy atom. The SMILES string of the molecule is CN/C=C(\C=N)c1cc2ncnc(O)c2cc1[N+](=O)[O-]. The van der Waals surface area contributed by atoms with Crippen molar-refractivity contribution in [3.63, 3.8) is 0 Å². The van der Waals surface area contributed by atoms with Crippen LogP contribution in [-0.4, -0.2) is 33.3 Å². The summed E-state index contributed by atoms with van der Waals surface area (Å²) in [5.74, 6) is -0.321. The number of allylic oxidation sites excluding steroid dienone is 1. The van der Waals surface area contributed by atoms with Crippen molar-refractivity contribution in [3.8, 4) is 5.88 Å². The van der Waals surface area contributed by atoms with E-state index in [1.807, 2.05) is 0 Å². The van der Waals surface area contributed by atoms with Crippen LogP contribution in [0.2, 0.25) is 0 Å². The van der Waals surface area contributed by atoms with E-state index in [9.17, 15) is 15.2 Å². The van der Waals surface area contributed by atoms with Gasteiger partial charge in [0.1, 0.15) is 6.33 Å². The van der Waals surface area contributed by atoms with E-state index in [-0.39, 0.29) is 22.5 Å². The van der Waals surface area contributed by atoms with E-state index in [0.717, 1.165) is 6.21 Å². The fraction of sp³-hybridized carbons (Fsp3) is 0.0833. The first-order valence-corrected chi connectivity index (χ1v) is 5.59. The Labute approximate surface area is 113 Å². The molecule has 0 aliphatic rings. The van der Waals surface area contributed by atoms with Gasteiger partial charge in [-0.25, -0.2) is 9.97 Å². The molecule has 8 heteroatoms. The van der Waals surface area contributed by atoms with Crippen LogP contribution in [0, 0.1) is 15.5 Å². The second-order valence-corrected chi connectivity index (χ2v) is 3.87. The van der Waals surface area contributed by atoms with Crippen molar-refractivity contribution >= 4 is 28.4 Å². The highest BCUT2D eigenvalue weighted by Crippen LogP contribution is 2.32. The van der Waals surface area contributed by atoms with Crippen LogP contribution < -0.4 is 5.32 Å². The summed E-state index contributed by atoms with van der Waals surface area (Å²) in [6, 6.07) is 2.65. The number of aromatic hydroxyl groups is 1. The average molecular weight is 273 g/mol.